The van der Waals surface area contributed by atoms with E-state index in [-0.39, 0.29) is 21.7 Å². The summed E-state index contributed by atoms with van der Waals surface area (Å²) in [5.74, 6) is 0. The number of thiophene rings is 2. The molecule has 0 saturated heterocycles. The molecule has 23 rings (SSSR count). The summed E-state index contributed by atoms with van der Waals surface area (Å²) in [6.07, 6.45) is 0. The fraction of sp³-hybridized carbons (Fsp3) is 0.155. The fourth-order valence-corrected chi connectivity index (χ4v) is 26.9. The van der Waals surface area contributed by atoms with Gasteiger partial charge in [0.2, 0.25) is 0 Å². The Morgan fingerprint density at radius 1 is 0.230 bits per heavy atom. The first kappa shape index (κ1) is 78.9. The zero-order valence-corrected chi connectivity index (χ0v) is 77.5. The Labute approximate surface area is 749 Å². The lowest BCUT2D eigenvalue weighted by molar-refractivity contribution is 0.603. The van der Waals surface area contributed by atoms with Crippen molar-refractivity contribution < 1.29 is 8.83 Å². The molecular formula is C116H100N4O2S2Si2. The van der Waals surface area contributed by atoms with E-state index in [2.05, 4.69) is 460 Å². The Kier molecular flexibility index (Phi) is 18.3. The van der Waals surface area contributed by atoms with E-state index in [0.29, 0.717) is 0 Å². The molecule has 0 spiro atoms. The van der Waals surface area contributed by atoms with Gasteiger partial charge in [0.25, 0.3) is 0 Å². The van der Waals surface area contributed by atoms with Gasteiger partial charge in [0.15, 0.2) is 11.2 Å². The molecule has 0 bridgehead atoms. The highest BCUT2D eigenvalue weighted by atomic mass is 32.1. The lowest BCUT2D eigenvalue weighted by Gasteiger charge is -2.31. The summed E-state index contributed by atoms with van der Waals surface area (Å²) in [7, 11) is -2.89. The maximum atomic E-state index is 6.78. The smallest absolute Gasteiger partial charge is 0.159 e. The van der Waals surface area contributed by atoms with E-state index in [9.17, 15) is 0 Å². The van der Waals surface area contributed by atoms with Crippen molar-refractivity contribution in [3.63, 3.8) is 0 Å². The molecule has 6 nitrogen and oxygen atoms in total. The average molecular weight is 1700 g/mol. The number of anilines is 12. The second-order valence-corrected chi connectivity index (χ2v) is 51.0. The summed E-state index contributed by atoms with van der Waals surface area (Å²) in [4.78, 5) is 15.3. The maximum absolute atomic E-state index is 6.78. The van der Waals surface area contributed by atoms with Crippen molar-refractivity contribution in [3.8, 4) is 52.9 Å². The van der Waals surface area contributed by atoms with Crippen LogP contribution in [0.25, 0.3) is 96.8 Å². The normalized spacial score (nSPS) is 14.4. The van der Waals surface area contributed by atoms with E-state index < -0.39 is 16.1 Å². The first-order valence-corrected chi connectivity index (χ1v) is 52.9. The molecule has 616 valence electrons. The molecule has 4 aromatic heterocycles. The summed E-state index contributed by atoms with van der Waals surface area (Å²) >= 11 is 3.97. The van der Waals surface area contributed by atoms with Crippen LogP contribution in [-0.2, 0) is 21.7 Å². The molecule has 0 atom stereocenters. The molecule has 4 aliphatic carbocycles. The van der Waals surface area contributed by atoms with Crippen LogP contribution in [0.2, 0.25) is 39.3 Å². The SMILES string of the molecule is CC1(C)c2cc(N(c3ccccc3)c3ccc([Si](C)(C)C)cc3)ccc2-c2sc3c(c21)C(C)(C)c1cc(N(c2ccccc2)c2cccc4c2oc2ccccc24)ccc1-3.CC1(C)c2cc(N(c3ccccc3)c3ccc([Si](C)(C)C)cc3)ccc2-c2sc3c(c21)C(C)(C)c1cc(N(c2ccccc2-c2ccccc2)c2cccc4c2oc2ccccc24)ccc1-3. The van der Waals surface area contributed by atoms with Crippen molar-refractivity contribution in [2.75, 3.05) is 19.6 Å². The fourth-order valence-electron chi connectivity index (χ4n) is 21.1. The van der Waals surface area contributed by atoms with Crippen LogP contribution in [0.4, 0.5) is 68.2 Å². The summed E-state index contributed by atoms with van der Waals surface area (Å²) in [5, 5.41) is 7.44. The monoisotopic (exact) mass is 1700 g/mol. The van der Waals surface area contributed by atoms with Gasteiger partial charge in [-0.15, -0.1) is 22.7 Å². The standard InChI is InChI=1S/C61H52N2OSSi.C55H48N2OSSi/c1-60(2)50-37-42(62(40-21-12-9-13-22-40)41-29-33-44(34-30-41)66(5,6)7)31-35-48(50)58-55(60)56-59(65-58)49-36-32-43(38-51(49)61(56,3)4)63(52-26-16-14-23-45(52)39-19-10-8-11-20-39)53-27-18-25-47-46-24-15-17-28-54(46)64-57(47)53;1-54(2)45-33-38(56(35-17-10-8-11-18-35)37-25-29-40(30-26-37)60(5,6)7)27-31-43(45)52-49(54)50-53(59-52)44-32-28-39(34-46(44)55(50,3)4)57(36-19-12-9-13-20-36)47-23-16-22-42-41-21-14-15-24-48(41)58-51(42)47/h8-38H,1-7H3;8-34H,1-7H3. The second-order valence-electron chi connectivity index (χ2n) is 38.8. The van der Waals surface area contributed by atoms with Gasteiger partial charge in [-0.3, -0.25) is 0 Å². The zero-order valence-electron chi connectivity index (χ0n) is 73.9. The number of para-hydroxylation sites is 8. The molecule has 0 N–H and O–H groups in total. The van der Waals surface area contributed by atoms with Crippen molar-refractivity contribution in [2.24, 2.45) is 0 Å². The quantitative estimate of drug-likeness (QED) is 0.0953. The summed E-state index contributed by atoms with van der Waals surface area (Å²) < 4.78 is 13.4. The van der Waals surface area contributed by atoms with Gasteiger partial charge in [-0.25, -0.2) is 0 Å². The van der Waals surface area contributed by atoms with Gasteiger partial charge < -0.3 is 28.4 Å². The molecule has 4 aliphatic rings. The molecule has 126 heavy (non-hydrogen) atoms. The number of hydrogen-bond donors (Lipinski definition) is 0. The molecule has 19 aromatic rings. The van der Waals surface area contributed by atoms with E-state index in [1.165, 1.54) is 125 Å². The predicted octanol–water partition coefficient (Wildman–Crippen LogP) is 33.2. The van der Waals surface area contributed by atoms with Gasteiger partial charge in [-0.2, -0.15) is 0 Å². The Morgan fingerprint density at radius 3 is 0.881 bits per heavy atom. The van der Waals surface area contributed by atoms with Crippen molar-refractivity contribution in [2.45, 2.75) is 116 Å². The molecule has 0 unspecified atom stereocenters. The van der Waals surface area contributed by atoms with Gasteiger partial charge >= 0.3 is 0 Å². The minimum atomic E-state index is -1.45. The van der Waals surface area contributed by atoms with Crippen LogP contribution in [0.3, 0.4) is 0 Å². The number of furan rings is 2. The van der Waals surface area contributed by atoms with Gasteiger partial charge in [-0.05, 0) is 212 Å². The van der Waals surface area contributed by atoms with Crippen molar-refractivity contribution >= 4 is 161 Å². The minimum Gasteiger partial charge on any atom is -0.454 e. The Morgan fingerprint density at radius 2 is 0.508 bits per heavy atom. The lowest BCUT2D eigenvalue weighted by atomic mass is 9.74. The highest BCUT2D eigenvalue weighted by Crippen LogP contribution is 2.67. The Hall–Kier alpha value is -13.1. The third-order valence-electron chi connectivity index (χ3n) is 27.5. The Bertz CT molecular complexity index is 7550. The van der Waals surface area contributed by atoms with Crippen LogP contribution in [0.15, 0.2) is 361 Å². The average Bonchev–Trinajstić information content (AvgIpc) is 1.52. The maximum Gasteiger partial charge on any atom is 0.159 e. The topological polar surface area (TPSA) is 39.2 Å². The summed E-state index contributed by atoms with van der Waals surface area (Å²) in [5.41, 5.74) is 35.4. The highest BCUT2D eigenvalue weighted by Gasteiger charge is 2.51. The van der Waals surface area contributed by atoms with Crippen LogP contribution in [-0.4, -0.2) is 16.1 Å². The second kappa shape index (κ2) is 29.3. The molecule has 0 radical (unpaired) electrons. The number of fused-ring (bicyclic) bond motifs is 20. The lowest BCUT2D eigenvalue weighted by Crippen LogP contribution is -2.37. The van der Waals surface area contributed by atoms with Crippen LogP contribution in [0.5, 0.6) is 0 Å². The molecular weight excluding hydrogens is 1600 g/mol. The third kappa shape index (κ3) is 12.5. The van der Waals surface area contributed by atoms with Crippen molar-refractivity contribution in [3.05, 3.63) is 396 Å². The van der Waals surface area contributed by atoms with E-state index in [1.54, 1.807) is 0 Å². The number of benzene rings is 15. The molecule has 4 heterocycles. The minimum absolute atomic E-state index is 0.191. The van der Waals surface area contributed by atoms with Gasteiger partial charge in [0.05, 0.1) is 33.2 Å². The van der Waals surface area contributed by atoms with E-state index in [4.69, 9.17) is 8.83 Å². The summed E-state index contributed by atoms with van der Waals surface area (Å²) in [6, 6.07) is 129. The number of hydrogen-bond acceptors (Lipinski definition) is 8. The van der Waals surface area contributed by atoms with Crippen LogP contribution < -0.4 is 30.0 Å². The molecule has 0 saturated carbocycles. The van der Waals surface area contributed by atoms with E-state index >= 15 is 0 Å². The number of rotatable bonds is 15. The molecule has 0 amide bonds. The number of nitrogens with zero attached hydrogens (tertiary/aromatic N) is 4. The van der Waals surface area contributed by atoms with Crippen molar-refractivity contribution in [1.82, 2.24) is 0 Å². The highest BCUT2D eigenvalue weighted by molar-refractivity contribution is 7.20. The van der Waals surface area contributed by atoms with Gasteiger partial charge in [0, 0.05) is 119 Å². The first-order valence-electron chi connectivity index (χ1n) is 44.3. The predicted molar refractivity (Wildman–Crippen MR) is 544 cm³/mol. The molecule has 0 aliphatic heterocycles. The molecule has 15 aromatic carbocycles. The third-order valence-corrected chi connectivity index (χ3v) is 34.2. The van der Waals surface area contributed by atoms with Gasteiger partial charge in [0.1, 0.15) is 11.2 Å². The van der Waals surface area contributed by atoms with Crippen LogP contribution in [0.1, 0.15) is 99.9 Å². The first-order chi connectivity index (χ1) is 60.8. The van der Waals surface area contributed by atoms with Gasteiger partial charge in [-0.1, -0.05) is 317 Å². The van der Waals surface area contributed by atoms with Crippen molar-refractivity contribution in [1.29, 1.82) is 0 Å². The molecule has 0 fully saturated rings. The van der Waals surface area contributed by atoms with Crippen LogP contribution >= 0.6 is 22.7 Å². The molecule has 10 heteroatoms. The zero-order chi connectivity index (χ0) is 86.2. The Balaban J connectivity index is 0.000000150. The van der Waals surface area contributed by atoms with E-state index in [0.717, 1.165) is 94.9 Å². The van der Waals surface area contributed by atoms with Crippen LogP contribution in [0, 0.1) is 0 Å². The van der Waals surface area contributed by atoms with E-state index in [1.807, 2.05) is 28.7 Å². The largest absolute Gasteiger partial charge is 0.454 e. The summed E-state index contributed by atoms with van der Waals surface area (Å²) in [6.45, 7) is 34.0.